The molecule has 0 nitrogen and oxygen atoms in total. The maximum Gasteiger partial charge on any atom is 0 e. The van der Waals surface area contributed by atoms with Crippen molar-refractivity contribution in [2.45, 2.75) is 38.5 Å². The van der Waals surface area contributed by atoms with E-state index in [1.165, 1.54) is 38.5 Å². The predicted octanol–water partition coefficient (Wildman–Crippen LogP) is 2.34. The van der Waals surface area contributed by atoms with E-state index >= 15 is 0 Å². The summed E-state index contributed by atoms with van der Waals surface area (Å²) in [5.41, 5.74) is 0. The maximum atomic E-state index is 1.50. The number of hydrogen-bond donors (Lipinski definition) is 0. The summed E-state index contributed by atoms with van der Waals surface area (Å²) >= 11 is 0. The Morgan fingerprint density at radius 1 is 0.429 bits per heavy atom. The third-order valence-corrected chi connectivity index (χ3v) is 1.50. The van der Waals surface area contributed by atoms with Crippen LogP contribution in [0.5, 0.6) is 0 Å². The van der Waals surface area contributed by atoms with Gasteiger partial charge in [-0.3, -0.25) is 0 Å². The Morgan fingerprint density at radius 2 is 0.571 bits per heavy atom. The molecule has 0 bridgehead atoms. The molecule has 0 N–H and O–H groups in total. The normalized spacial score (nSPS) is 20.6. The molecule has 1 aliphatic carbocycles. The molecular formula is C6H12V. The van der Waals surface area contributed by atoms with Crippen molar-refractivity contribution in [2.75, 3.05) is 0 Å². The zero-order valence-electron chi connectivity index (χ0n) is 4.69. The van der Waals surface area contributed by atoms with Crippen LogP contribution >= 0.6 is 0 Å². The Kier molecular flexibility index (Phi) is 5.13. The Morgan fingerprint density at radius 3 is 0.714 bits per heavy atom. The van der Waals surface area contributed by atoms with Crippen molar-refractivity contribution < 1.29 is 18.6 Å². The molecule has 1 radical (unpaired) electrons. The third kappa shape index (κ3) is 3.19. The van der Waals surface area contributed by atoms with Gasteiger partial charge in [-0.15, -0.1) is 0 Å². The fourth-order valence-corrected chi connectivity index (χ4v) is 1.06. The Labute approximate surface area is 57.6 Å². The van der Waals surface area contributed by atoms with Crippen LogP contribution in [0, 0.1) is 0 Å². The summed E-state index contributed by atoms with van der Waals surface area (Å²) in [6, 6.07) is 0. The van der Waals surface area contributed by atoms with Crippen LogP contribution in [0.25, 0.3) is 0 Å². The first-order valence-corrected chi connectivity index (χ1v) is 3.00. The van der Waals surface area contributed by atoms with Gasteiger partial charge in [-0.1, -0.05) is 38.5 Å². The van der Waals surface area contributed by atoms with Gasteiger partial charge in [0.15, 0.2) is 0 Å². The fraction of sp³-hybridized carbons (Fsp3) is 1.00. The summed E-state index contributed by atoms with van der Waals surface area (Å²) in [6.07, 6.45) is 9.00. The van der Waals surface area contributed by atoms with Gasteiger partial charge >= 0.3 is 0 Å². The van der Waals surface area contributed by atoms with Crippen LogP contribution in [0.2, 0.25) is 0 Å². The van der Waals surface area contributed by atoms with Crippen LogP contribution in [0.4, 0.5) is 0 Å². The van der Waals surface area contributed by atoms with Gasteiger partial charge in [0, 0.05) is 18.6 Å². The monoisotopic (exact) mass is 135 g/mol. The second kappa shape index (κ2) is 4.74. The topological polar surface area (TPSA) is 0 Å². The molecule has 0 aromatic heterocycles. The van der Waals surface area contributed by atoms with Crippen molar-refractivity contribution in [3.05, 3.63) is 0 Å². The first-order valence-electron chi connectivity index (χ1n) is 3.00. The quantitative estimate of drug-likeness (QED) is 0.478. The molecule has 0 aliphatic heterocycles. The Hall–Kier alpha value is 0.584. The smallest absolute Gasteiger partial charge is 0 e. The van der Waals surface area contributed by atoms with E-state index in [0.29, 0.717) is 0 Å². The molecule has 7 heavy (non-hydrogen) atoms. The zero-order chi connectivity index (χ0) is 4.24. The third-order valence-electron chi connectivity index (χ3n) is 1.50. The van der Waals surface area contributed by atoms with Crippen molar-refractivity contribution >= 4 is 0 Å². The van der Waals surface area contributed by atoms with E-state index in [9.17, 15) is 0 Å². The van der Waals surface area contributed by atoms with Crippen LogP contribution in [0.15, 0.2) is 0 Å². The van der Waals surface area contributed by atoms with Gasteiger partial charge in [0.1, 0.15) is 0 Å². The predicted molar refractivity (Wildman–Crippen MR) is 27.7 cm³/mol. The molecule has 0 aromatic rings. The van der Waals surface area contributed by atoms with Crippen molar-refractivity contribution in [3.8, 4) is 0 Å². The van der Waals surface area contributed by atoms with Crippen LogP contribution in [-0.4, -0.2) is 0 Å². The molecule has 1 rings (SSSR count). The Bertz CT molecular complexity index is 19.7. The average Bonchev–Trinajstić information content (AvgIpc) is 1.72. The van der Waals surface area contributed by atoms with Crippen molar-refractivity contribution in [3.63, 3.8) is 0 Å². The molecule has 0 unspecified atom stereocenters. The standard InChI is InChI=1S/C6H12.V/c1-2-4-6-5-3-1;/h1-6H2;. The molecule has 0 heterocycles. The van der Waals surface area contributed by atoms with Gasteiger partial charge in [0.2, 0.25) is 0 Å². The molecule has 1 heteroatoms. The summed E-state index contributed by atoms with van der Waals surface area (Å²) in [5, 5.41) is 0. The van der Waals surface area contributed by atoms with E-state index in [1.54, 1.807) is 0 Å². The minimum Gasteiger partial charge on any atom is -0.0533 e. The van der Waals surface area contributed by atoms with E-state index in [-0.39, 0.29) is 18.6 Å². The molecule has 41 valence electrons. The number of hydrogen-bond acceptors (Lipinski definition) is 0. The van der Waals surface area contributed by atoms with E-state index in [4.69, 9.17) is 0 Å². The van der Waals surface area contributed by atoms with Gasteiger partial charge in [-0.05, 0) is 0 Å². The second-order valence-electron chi connectivity index (χ2n) is 2.12. The number of rotatable bonds is 0. The molecular weight excluding hydrogens is 123 g/mol. The maximum absolute atomic E-state index is 1.50. The minimum absolute atomic E-state index is 0. The van der Waals surface area contributed by atoms with Crippen molar-refractivity contribution in [1.82, 2.24) is 0 Å². The van der Waals surface area contributed by atoms with Crippen LogP contribution in [0.1, 0.15) is 38.5 Å². The summed E-state index contributed by atoms with van der Waals surface area (Å²) in [6.45, 7) is 0. The van der Waals surface area contributed by atoms with Crippen LogP contribution < -0.4 is 0 Å². The van der Waals surface area contributed by atoms with E-state index in [1.807, 2.05) is 0 Å². The van der Waals surface area contributed by atoms with Gasteiger partial charge in [0.25, 0.3) is 0 Å². The SMILES string of the molecule is C1CCCCC1.[V]. The van der Waals surface area contributed by atoms with E-state index in [2.05, 4.69) is 0 Å². The minimum atomic E-state index is 0. The van der Waals surface area contributed by atoms with E-state index < -0.39 is 0 Å². The first kappa shape index (κ1) is 7.58. The van der Waals surface area contributed by atoms with Gasteiger partial charge in [0.05, 0.1) is 0 Å². The molecule has 0 saturated heterocycles. The first-order chi connectivity index (χ1) is 3.00. The molecule has 0 atom stereocenters. The summed E-state index contributed by atoms with van der Waals surface area (Å²) < 4.78 is 0. The van der Waals surface area contributed by atoms with Gasteiger partial charge in [-0.2, -0.15) is 0 Å². The summed E-state index contributed by atoms with van der Waals surface area (Å²) in [4.78, 5) is 0. The van der Waals surface area contributed by atoms with Crippen LogP contribution in [0.3, 0.4) is 0 Å². The molecule has 1 saturated carbocycles. The van der Waals surface area contributed by atoms with Gasteiger partial charge < -0.3 is 0 Å². The van der Waals surface area contributed by atoms with Crippen LogP contribution in [-0.2, 0) is 18.6 Å². The van der Waals surface area contributed by atoms with Crippen molar-refractivity contribution in [2.24, 2.45) is 0 Å². The zero-order valence-corrected chi connectivity index (χ0v) is 6.09. The van der Waals surface area contributed by atoms with Crippen molar-refractivity contribution in [1.29, 1.82) is 0 Å². The second-order valence-corrected chi connectivity index (χ2v) is 2.12. The summed E-state index contributed by atoms with van der Waals surface area (Å²) in [5.74, 6) is 0. The van der Waals surface area contributed by atoms with E-state index in [0.717, 1.165) is 0 Å². The largest absolute Gasteiger partial charge is 0.0533 e. The molecule has 0 amide bonds. The molecule has 1 aliphatic rings. The van der Waals surface area contributed by atoms with Gasteiger partial charge in [-0.25, -0.2) is 0 Å². The molecule has 0 spiro atoms. The molecule has 1 fully saturated rings. The Balaban J connectivity index is 0.000000360. The molecule has 0 aromatic carbocycles. The summed E-state index contributed by atoms with van der Waals surface area (Å²) in [7, 11) is 0. The average molecular weight is 135 g/mol. The fourth-order valence-electron chi connectivity index (χ4n) is 1.06.